The third kappa shape index (κ3) is 2.24. The van der Waals surface area contributed by atoms with Crippen LogP contribution in [0.2, 0.25) is 10.0 Å². The van der Waals surface area contributed by atoms with Gasteiger partial charge >= 0.3 is 0 Å². The van der Waals surface area contributed by atoms with Gasteiger partial charge in [-0.1, -0.05) is 47.5 Å². The van der Waals surface area contributed by atoms with Crippen LogP contribution in [-0.4, -0.2) is 5.11 Å². The van der Waals surface area contributed by atoms with E-state index in [4.69, 9.17) is 23.2 Å². The first-order chi connectivity index (χ1) is 11.1. The molecular formula is C19H17Cl2NO. The van der Waals surface area contributed by atoms with Crippen molar-refractivity contribution in [3.8, 4) is 5.75 Å². The Labute approximate surface area is 145 Å². The van der Waals surface area contributed by atoms with Crippen molar-refractivity contribution in [3.63, 3.8) is 0 Å². The van der Waals surface area contributed by atoms with Gasteiger partial charge in [-0.05, 0) is 48.6 Å². The molecule has 1 aliphatic carbocycles. The Balaban J connectivity index is 1.90. The zero-order chi connectivity index (χ0) is 16.1. The molecule has 3 atom stereocenters. The molecule has 2 aliphatic rings. The van der Waals surface area contributed by atoms with E-state index >= 15 is 0 Å². The fraction of sp³-hybridized carbons (Fsp3) is 0.263. The number of rotatable bonds is 1. The van der Waals surface area contributed by atoms with E-state index in [0.717, 1.165) is 17.7 Å². The van der Waals surface area contributed by atoms with Crippen molar-refractivity contribution in [2.75, 3.05) is 5.32 Å². The van der Waals surface area contributed by atoms with E-state index in [1.54, 1.807) is 6.07 Å². The van der Waals surface area contributed by atoms with Crippen LogP contribution < -0.4 is 5.32 Å². The van der Waals surface area contributed by atoms with E-state index in [-0.39, 0.29) is 17.7 Å². The number of hydrogen-bond donors (Lipinski definition) is 2. The number of phenols is 1. The van der Waals surface area contributed by atoms with Crippen LogP contribution in [0.3, 0.4) is 0 Å². The van der Waals surface area contributed by atoms with Gasteiger partial charge in [-0.3, -0.25) is 0 Å². The summed E-state index contributed by atoms with van der Waals surface area (Å²) in [5.41, 5.74) is 4.10. The van der Waals surface area contributed by atoms with Crippen molar-refractivity contribution in [1.82, 2.24) is 0 Å². The average molecular weight is 346 g/mol. The van der Waals surface area contributed by atoms with Gasteiger partial charge in [-0.2, -0.15) is 0 Å². The molecule has 2 N–H and O–H groups in total. The molecule has 2 aromatic carbocycles. The lowest BCUT2D eigenvalue weighted by molar-refractivity contribution is 0.414. The zero-order valence-electron chi connectivity index (χ0n) is 12.7. The number of allylic oxidation sites excluding steroid dienone is 2. The highest BCUT2D eigenvalue weighted by Gasteiger charge is 2.41. The van der Waals surface area contributed by atoms with Gasteiger partial charge in [0.25, 0.3) is 0 Å². The van der Waals surface area contributed by atoms with Gasteiger partial charge in [0.2, 0.25) is 0 Å². The van der Waals surface area contributed by atoms with E-state index in [1.165, 1.54) is 11.1 Å². The van der Waals surface area contributed by atoms with Crippen LogP contribution in [0.15, 0.2) is 42.5 Å². The number of halogens is 2. The maximum atomic E-state index is 10.4. The molecule has 23 heavy (non-hydrogen) atoms. The van der Waals surface area contributed by atoms with Crippen molar-refractivity contribution in [1.29, 1.82) is 0 Å². The SMILES string of the molecule is Cc1ccc(O)c2c1C1C=CCC1C(c1c(Cl)cccc1Cl)N2. The van der Waals surface area contributed by atoms with E-state index in [9.17, 15) is 5.11 Å². The number of fused-ring (bicyclic) bond motifs is 3. The number of hydrogen-bond acceptors (Lipinski definition) is 2. The molecule has 0 amide bonds. The van der Waals surface area contributed by atoms with Crippen molar-refractivity contribution in [2.24, 2.45) is 5.92 Å². The lowest BCUT2D eigenvalue weighted by atomic mass is 9.75. The summed E-state index contributed by atoms with van der Waals surface area (Å²) in [7, 11) is 0. The normalized spacial score (nSPS) is 24.9. The summed E-state index contributed by atoms with van der Waals surface area (Å²) in [4.78, 5) is 0. The number of anilines is 1. The molecule has 2 aromatic rings. The Hall–Kier alpha value is -1.64. The van der Waals surface area contributed by atoms with Crippen LogP contribution >= 0.6 is 23.2 Å². The topological polar surface area (TPSA) is 32.3 Å². The molecule has 0 bridgehead atoms. The summed E-state index contributed by atoms with van der Waals surface area (Å²) in [6, 6.07) is 9.29. The molecule has 0 aromatic heterocycles. The predicted molar refractivity (Wildman–Crippen MR) is 95.7 cm³/mol. The number of nitrogens with one attached hydrogen (secondary N) is 1. The number of aryl methyl sites for hydroxylation is 1. The Kier molecular flexibility index (Phi) is 3.55. The summed E-state index contributed by atoms with van der Waals surface area (Å²) in [6.07, 6.45) is 5.43. The molecule has 4 rings (SSSR count). The highest BCUT2D eigenvalue weighted by atomic mass is 35.5. The number of phenolic OH excluding ortho intramolecular Hbond substituents is 1. The maximum Gasteiger partial charge on any atom is 0.139 e. The van der Waals surface area contributed by atoms with Crippen LogP contribution in [-0.2, 0) is 0 Å². The maximum absolute atomic E-state index is 10.4. The quantitative estimate of drug-likeness (QED) is 0.503. The van der Waals surface area contributed by atoms with Crippen LogP contribution in [0, 0.1) is 12.8 Å². The largest absolute Gasteiger partial charge is 0.506 e. The smallest absolute Gasteiger partial charge is 0.139 e. The minimum absolute atomic E-state index is 0.0172. The molecule has 0 saturated heterocycles. The molecule has 3 unspecified atom stereocenters. The third-order valence-corrected chi connectivity index (χ3v) is 5.69. The van der Waals surface area contributed by atoms with Gasteiger partial charge in [0, 0.05) is 21.5 Å². The highest BCUT2D eigenvalue weighted by molar-refractivity contribution is 6.36. The fourth-order valence-corrected chi connectivity index (χ4v) is 4.61. The van der Waals surface area contributed by atoms with E-state index in [0.29, 0.717) is 16.0 Å². The van der Waals surface area contributed by atoms with Crippen LogP contribution in [0.4, 0.5) is 5.69 Å². The second-order valence-electron chi connectivity index (χ2n) is 6.30. The third-order valence-electron chi connectivity index (χ3n) is 5.03. The molecular weight excluding hydrogens is 329 g/mol. The fourth-order valence-electron chi connectivity index (χ4n) is 3.98. The molecule has 0 spiro atoms. The zero-order valence-corrected chi connectivity index (χ0v) is 14.2. The summed E-state index contributed by atoms with van der Waals surface area (Å²) >= 11 is 12.9. The molecule has 4 heteroatoms. The number of aromatic hydroxyl groups is 1. The van der Waals surface area contributed by atoms with E-state index in [1.807, 2.05) is 24.3 Å². The summed E-state index contributed by atoms with van der Waals surface area (Å²) < 4.78 is 0. The predicted octanol–water partition coefficient (Wildman–Crippen LogP) is 5.83. The first-order valence-electron chi connectivity index (χ1n) is 7.77. The van der Waals surface area contributed by atoms with Gasteiger partial charge in [-0.25, -0.2) is 0 Å². The standard InChI is InChI=1S/C19H17Cl2NO/c1-10-8-9-15(23)19-16(10)11-4-2-5-12(11)18(22-19)17-13(20)6-3-7-14(17)21/h2-4,6-9,11-12,18,22-23H,5H2,1H3. The molecule has 0 radical (unpaired) electrons. The molecule has 1 aliphatic heterocycles. The first kappa shape index (κ1) is 14.9. The first-order valence-corrected chi connectivity index (χ1v) is 8.53. The van der Waals surface area contributed by atoms with Crippen molar-refractivity contribution in [2.45, 2.75) is 25.3 Å². The van der Waals surface area contributed by atoms with Gasteiger partial charge in [0.1, 0.15) is 5.75 Å². The highest BCUT2D eigenvalue weighted by Crippen LogP contribution is 2.54. The van der Waals surface area contributed by atoms with Crippen LogP contribution in [0.1, 0.15) is 35.1 Å². The van der Waals surface area contributed by atoms with Gasteiger partial charge in [-0.15, -0.1) is 0 Å². The minimum atomic E-state index is -0.0172. The van der Waals surface area contributed by atoms with Crippen molar-refractivity contribution in [3.05, 3.63) is 69.2 Å². The van der Waals surface area contributed by atoms with Crippen molar-refractivity contribution >= 4 is 28.9 Å². The van der Waals surface area contributed by atoms with Crippen LogP contribution in [0.5, 0.6) is 5.75 Å². The summed E-state index contributed by atoms with van der Waals surface area (Å²) in [5, 5.41) is 15.2. The lowest BCUT2D eigenvalue weighted by Crippen LogP contribution is -2.30. The minimum Gasteiger partial charge on any atom is -0.506 e. The van der Waals surface area contributed by atoms with Gasteiger partial charge < -0.3 is 10.4 Å². The molecule has 0 fully saturated rings. The summed E-state index contributed by atoms with van der Waals surface area (Å²) in [5.74, 6) is 0.897. The molecule has 0 saturated carbocycles. The van der Waals surface area contributed by atoms with E-state index in [2.05, 4.69) is 24.4 Å². The van der Waals surface area contributed by atoms with Gasteiger partial charge in [0.15, 0.2) is 0 Å². The Morgan fingerprint density at radius 2 is 1.83 bits per heavy atom. The summed E-state index contributed by atoms with van der Waals surface area (Å²) in [6.45, 7) is 2.09. The number of benzene rings is 2. The Morgan fingerprint density at radius 3 is 2.57 bits per heavy atom. The van der Waals surface area contributed by atoms with E-state index < -0.39 is 0 Å². The monoisotopic (exact) mass is 345 g/mol. The van der Waals surface area contributed by atoms with Crippen LogP contribution in [0.25, 0.3) is 0 Å². The second kappa shape index (κ2) is 5.47. The lowest BCUT2D eigenvalue weighted by Gasteiger charge is -2.39. The second-order valence-corrected chi connectivity index (χ2v) is 7.12. The van der Waals surface area contributed by atoms with Crippen molar-refractivity contribution < 1.29 is 5.11 Å². The Morgan fingerprint density at radius 1 is 1.09 bits per heavy atom. The molecule has 1 heterocycles. The average Bonchev–Trinajstić information content (AvgIpc) is 3.00. The molecule has 118 valence electrons. The Bertz CT molecular complexity index is 795. The van der Waals surface area contributed by atoms with Gasteiger partial charge in [0.05, 0.1) is 11.7 Å². The molecule has 2 nitrogen and oxygen atoms in total.